The molecule has 1 aliphatic carbocycles. The normalized spacial score (nSPS) is 36.7. The summed E-state index contributed by atoms with van der Waals surface area (Å²) in [7, 11) is 1.68. The van der Waals surface area contributed by atoms with Gasteiger partial charge in [-0.1, -0.05) is 18.2 Å². The zero-order valence-electron chi connectivity index (χ0n) is 11.8. The molecule has 2 bridgehead atoms. The van der Waals surface area contributed by atoms with Gasteiger partial charge in [-0.25, -0.2) is 0 Å². The standard InChI is InChI=1S/C16H17NO4/c1-17-14(18)13(15(19)20)12-9-5-2-3-7-11(9)21-16(17)8-4-6-10(12)16/h2-3,5,7,10,12-13H,4,6,8H2,1H3,(H,19,20)/t10-,12+,13-,16-/m1/s1. The predicted molar refractivity (Wildman–Crippen MR) is 73.8 cm³/mol. The first-order valence-corrected chi connectivity index (χ1v) is 7.35. The molecule has 110 valence electrons. The highest BCUT2D eigenvalue weighted by molar-refractivity contribution is 5.99. The van der Waals surface area contributed by atoms with Crippen LogP contribution >= 0.6 is 0 Å². The number of nitrogens with zero attached hydrogens (tertiary/aromatic N) is 1. The van der Waals surface area contributed by atoms with Crippen LogP contribution in [-0.4, -0.2) is 34.7 Å². The molecule has 0 unspecified atom stereocenters. The fraction of sp³-hybridized carbons (Fsp3) is 0.500. The van der Waals surface area contributed by atoms with Gasteiger partial charge in [-0.15, -0.1) is 0 Å². The van der Waals surface area contributed by atoms with E-state index in [2.05, 4.69) is 0 Å². The molecule has 1 N–H and O–H groups in total. The molecule has 3 aliphatic rings. The number of amides is 1. The van der Waals surface area contributed by atoms with Crippen molar-refractivity contribution in [3.63, 3.8) is 0 Å². The summed E-state index contributed by atoms with van der Waals surface area (Å²) >= 11 is 0. The number of carboxylic acid groups (broad SMARTS) is 1. The maximum absolute atomic E-state index is 12.6. The molecule has 5 heteroatoms. The Morgan fingerprint density at radius 1 is 1.43 bits per heavy atom. The average Bonchev–Trinajstić information content (AvgIpc) is 2.89. The first-order chi connectivity index (χ1) is 10.1. The Kier molecular flexibility index (Phi) is 2.41. The molecule has 1 aromatic rings. The van der Waals surface area contributed by atoms with Crippen molar-refractivity contribution >= 4 is 11.9 Å². The molecule has 1 saturated heterocycles. The van der Waals surface area contributed by atoms with E-state index in [1.54, 1.807) is 11.9 Å². The summed E-state index contributed by atoms with van der Waals surface area (Å²) < 4.78 is 6.24. The SMILES string of the molecule is CN1C(=O)[C@H](C(=O)O)[C@H]2c3ccccc3O[C@@]13CCC[C@H]23. The van der Waals surface area contributed by atoms with E-state index >= 15 is 0 Å². The predicted octanol–water partition coefficient (Wildman–Crippen LogP) is 1.83. The van der Waals surface area contributed by atoms with E-state index in [1.165, 1.54) is 0 Å². The number of benzene rings is 1. The molecule has 2 heterocycles. The van der Waals surface area contributed by atoms with Crippen LogP contribution in [0.3, 0.4) is 0 Å². The van der Waals surface area contributed by atoms with Crippen molar-refractivity contribution in [2.45, 2.75) is 30.9 Å². The molecule has 0 spiro atoms. The van der Waals surface area contributed by atoms with Crippen LogP contribution in [0, 0.1) is 11.8 Å². The lowest BCUT2D eigenvalue weighted by atomic mass is 9.67. The van der Waals surface area contributed by atoms with Gasteiger partial charge in [-0.3, -0.25) is 9.59 Å². The van der Waals surface area contributed by atoms with E-state index in [1.807, 2.05) is 24.3 Å². The Bertz CT molecular complexity index is 643. The van der Waals surface area contributed by atoms with Crippen LogP contribution in [0.2, 0.25) is 0 Å². The lowest BCUT2D eigenvalue weighted by Crippen LogP contribution is -2.66. The molecule has 1 aromatic carbocycles. The van der Waals surface area contributed by atoms with Crippen molar-refractivity contribution in [3.05, 3.63) is 29.8 Å². The molecule has 0 aromatic heterocycles. The van der Waals surface area contributed by atoms with Crippen LogP contribution in [0.5, 0.6) is 5.75 Å². The minimum atomic E-state index is -1.03. The van der Waals surface area contributed by atoms with Crippen molar-refractivity contribution in [1.82, 2.24) is 4.90 Å². The number of carbonyl (C=O) groups excluding carboxylic acids is 1. The Morgan fingerprint density at radius 3 is 2.95 bits per heavy atom. The third kappa shape index (κ3) is 1.41. The van der Waals surface area contributed by atoms with Crippen LogP contribution in [0.15, 0.2) is 24.3 Å². The fourth-order valence-corrected chi connectivity index (χ4v) is 4.53. The van der Waals surface area contributed by atoms with E-state index in [0.29, 0.717) is 0 Å². The van der Waals surface area contributed by atoms with Gasteiger partial charge in [0.2, 0.25) is 5.91 Å². The van der Waals surface area contributed by atoms with E-state index in [0.717, 1.165) is 30.6 Å². The zero-order valence-corrected chi connectivity index (χ0v) is 11.8. The highest BCUT2D eigenvalue weighted by atomic mass is 16.5. The third-order valence-electron chi connectivity index (χ3n) is 5.42. The fourth-order valence-electron chi connectivity index (χ4n) is 4.53. The Morgan fingerprint density at radius 2 is 2.19 bits per heavy atom. The van der Waals surface area contributed by atoms with Crippen molar-refractivity contribution in [3.8, 4) is 5.75 Å². The van der Waals surface area contributed by atoms with E-state index in [-0.39, 0.29) is 17.7 Å². The topological polar surface area (TPSA) is 66.8 Å². The Labute approximate surface area is 122 Å². The van der Waals surface area contributed by atoms with Crippen LogP contribution < -0.4 is 4.74 Å². The summed E-state index contributed by atoms with van der Waals surface area (Å²) in [4.78, 5) is 25.9. The molecule has 2 aliphatic heterocycles. The number of fused-ring (bicyclic) bond motifs is 2. The summed E-state index contributed by atoms with van der Waals surface area (Å²) in [5.74, 6) is -1.86. The minimum absolute atomic E-state index is 0.0659. The molecule has 1 saturated carbocycles. The summed E-state index contributed by atoms with van der Waals surface area (Å²) in [5, 5.41) is 9.59. The maximum Gasteiger partial charge on any atom is 0.316 e. The lowest BCUT2D eigenvalue weighted by Gasteiger charge is -2.55. The van der Waals surface area contributed by atoms with Gasteiger partial charge < -0.3 is 14.7 Å². The quantitative estimate of drug-likeness (QED) is 0.800. The van der Waals surface area contributed by atoms with Gasteiger partial charge >= 0.3 is 5.97 Å². The van der Waals surface area contributed by atoms with Gasteiger partial charge in [0.1, 0.15) is 11.7 Å². The van der Waals surface area contributed by atoms with Crippen molar-refractivity contribution in [2.75, 3.05) is 7.05 Å². The number of para-hydroxylation sites is 1. The van der Waals surface area contributed by atoms with E-state index in [4.69, 9.17) is 4.74 Å². The van der Waals surface area contributed by atoms with Crippen LogP contribution in [-0.2, 0) is 9.59 Å². The monoisotopic (exact) mass is 287 g/mol. The number of hydrogen-bond acceptors (Lipinski definition) is 3. The van der Waals surface area contributed by atoms with Gasteiger partial charge in [0.05, 0.1) is 0 Å². The first kappa shape index (κ1) is 12.7. The van der Waals surface area contributed by atoms with Gasteiger partial charge in [-0.05, 0) is 24.5 Å². The molecule has 4 rings (SSSR count). The van der Waals surface area contributed by atoms with Crippen LogP contribution in [0.4, 0.5) is 0 Å². The molecule has 5 nitrogen and oxygen atoms in total. The second kappa shape index (κ2) is 4.00. The number of carbonyl (C=O) groups is 2. The molecule has 4 atom stereocenters. The smallest absolute Gasteiger partial charge is 0.316 e. The Balaban J connectivity index is 1.97. The van der Waals surface area contributed by atoms with Crippen LogP contribution in [0.25, 0.3) is 0 Å². The summed E-state index contributed by atoms with van der Waals surface area (Å²) in [6, 6.07) is 7.54. The molecular formula is C16H17NO4. The molecule has 0 radical (unpaired) electrons. The number of ether oxygens (including phenoxy) is 1. The van der Waals surface area contributed by atoms with Gasteiger partial charge in [0.15, 0.2) is 5.72 Å². The molecule has 2 fully saturated rings. The van der Waals surface area contributed by atoms with Gasteiger partial charge in [0, 0.05) is 25.3 Å². The van der Waals surface area contributed by atoms with E-state index < -0.39 is 17.6 Å². The third-order valence-corrected chi connectivity index (χ3v) is 5.42. The van der Waals surface area contributed by atoms with Crippen molar-refractivity contribution < 1.29 is 19.4 Å². The van der Waals surface area contributed by atoms with Crippen molar-refractivity contribution in [1.29, 1.82) is 0 Å². The number of carboxylic acids is 1. The highest BCUT2D eigenvalue weighted by Gasteiger charge is 2.64. The van der Waals surface area contributed by atoms with Crippen LogP contribution in [0.1, 0.15) is 30.7 Å². The molecular weight excluding hydrogens is 270 g/mol. The first-order valence-electron chi connectivity index (χ1n) is 7.35. The molecule has 1 amide bonds. The summed E-state index contributed by atoms with van der Waals surface area (Å²) in [6.07, 6.45) is 2.64. The average molecular weight is 287 g/mol. The summed E-state index contributed by atoms with van der Waals surface area (Å²) in [6.45, 7) is 0. The largest absolute Gasteiger partial charge is 0.481 e. The zero-order chi connectivity index (χ0) is 14.8. The number of hydrogen-bond donors (Lipinski definition) is 1. The van der Waals surface area contributed by atoms with E-state index in [9.17, 15) is 14.7 Å². The second-order valence-corrected chi connectivity index (χ2v) is 6.22. The molecule has 21 heavy (non-hydrogen) atoms. The van der Waals surface area contributed by atoms with Crippen molar-refractivity contribution in [2.24, 2.45) is 11.8 Å². The number of rotatable bonds is 1. The van der Waals surface area contributed by atoms with Gasteiger partial charge in [-0.2, -0.15) is 0 Å². The Hall–Kier alpha value is -2.04. The van der Waals surface area contributed by atoms with Gasteiger partial charge in [0.25, 0.3) is 0 Å². The second-order valence-electron chi connectivity index (χ2n) is 6.22. The summed E-state index contributed by atoms with van der Waals surface area (Å²) in [5.41, 5.74) is 0.219. The lowest BCUT2D eigenvalue weighted by molar-refractivity contribution is -0.189. The number of aliphatic carboxylic acids is 1. The number of piperidine rings is 1. The minimum Gasteiger partial charge on any atom is -0.481 e. The highest BCUT2D eigenvalue weighted by Crippen LogP contribution is 2.59. The number of likely N-dealkylation sites (tertiary alicyclic amines) is 1. The maximum atomic E-state index is 12.6.